The zero-order valence-corrected chi connectivity index (χ0v) is 17.0. The van der Waals surface area contributed by atoms with Crippen LogP contribution in [0, 0.1) is 5.92 Å². The fraction of sp³-hybridized carbons (Fsp3) is 0.417. The molecular formula is C24H29N3O2. The van der Waals surface area contributed by atoms with Gasteiger partial charge in [0.05, 0.1) is 12.0 Å². The first-order valence-corrected chi connectivity index (χ1v) is 10.5. The highest BCUT2D eigenvalue weighted by Gasteiger charge is 2.43. The lowest BCUT2D eigenvalue weighted by molar-refractivity contribution is -0.128. The monoisotopic (exact) mass is 391 g/mol. The average molecular weight is 392 g/mol. The Morgan fingerprint density at radius 2 is 1.62 bits per heavy atom. The number of hydrogen-bond donors (Lipinski definition) is 1. The number of likely N-dealkylation sites (tertiary alicyclic amines) is 2. The van der Waals surface area contributed by atoms with Gasteiger partial charge in [0.1, 0.15) is 0 Å². The first-order chi connectivity index (χ1) is 14.1. The molecule has 2 atom stereocenters. The van der Waals surface area contributed by atoms with E-state index < -0.39 is 0 Å². The lowest BCUT2D eigenvalue weighted by Gasteiger charge is -2.33. The Bertz CT molecular complexity index is 832. The number of benzene rings is 2. The van der Waals surface area contributed by atoms with Crippen LogP contribution in [0.25, 0.3) is 0 Å². The lowest BCUT2D eigenvalue weighted by Crippen LogP contribution is -2.46. The quantitative estimate of drug-likeness (QED) is 0.853. The molecule has 152 valence electrons. The minimum atomic E-state index is -0.322. The highest BCUT2D eigenvalue weighted by atomic mass is 16.2. The third-order valence-corrected chi connectivity index (χ3v) is 6.25. The summed E-state index contributed by atoms with van der Waals surface area (Å²) in [7, 11) is 1.80. The molecule has 0 radical (unpaired) electrons. The standard InChI is InChI=1S/C24H29N3O2/c1-26-22(28)16-21(23(26)19-10-6-3-7-11-19)24(29)25-20-12-14-27(15-13-20)17-18-8-4-2-5-9-18/h2-11,20-21,23H,12-17H2,1H3,(H,25,29)/t21-,23+/m0/s1. The summed E-state index contributed by atoms with van der Waals surface area (Å²) >= 11 is 0. The molecule has 0 unspecified atom stereocenters. The molecule has 2 aliphatic heterocycles. The Labute approximate surface area is 172 Å². The van der Waals surface area contributed by atoms with Crippen LogP contribution in [-0.4, -0.2) is 47.8 Å². The lowest BCUT2D eigenvalue weighted by atomic mass is 9.92. The average Bonchev–Trinajstić information content (AvgIpc) is 3.05. The molecule has 0 bridgehead atoms. The summed E-state index contributed by atoms with van der Waals surface area (Å²) in [4.78, 5) is 29.5. The van der Waals surface area contributed by atoms with Crippen LogP contribution < -0.4 is 5.32 Å². The van der Waals surface area contributed by atoms with Crippen molar-refractivity contribution in [3.63, 3.8) is 0 Å². The summed E-state index contributed by atoms with van der Waals surface area (Å²) in [6.45, 7) is 2.91. The molecule has 0 saturated carbocycles. The molecule has 4 rings (SSSR count). The number of nitrogens with zero attached hydrogens (tertiary/aromatic N) is 2. The van der Waals surface area contributed by atoms with Crippen molar-refractivity contribution in [3.8, 4) is 0 Å². The second-order valence-electron chi connectivity index (χ2n) is 8.22. The van der Waals surface area contributed by atoms with Gasteiger partial charge in [-0.05, 0) is 24.0 Å². The van der Waals surface area contributed by atoms with E-state index in [0.717, 1.165) is 38.0 Å². The van der Waals surface area contributed by atoms with Crippen molar-refractivity contribution in [3.05, 3.63) is 71.8 Å². The van der Waals surface area contributed by atoms with Crippen LogP contribution in [0.1, 0.15) is 36.4 Å². The minimum absolute atomic E-state index is 0.0121. The smallest absolute Gasteiger partial charge is 0.226 e. The van der Waals surface area contributed by atoms with E-state index in [1.807, 2.05) is 36.4 Å². The van der Waals surface area contributed by atoms with E-state index >= 15 is 0 Å². The summed E-state index contributed by atoms with van der Waals surface area (Å²) in [5, 5.41) is 3.24. The maximum Gasteiger partial charge on any atom is 0.226 e. The molecule has 2 fully saturated rings. The molecule has 2 aliphatic rings. The van der Waals surface area contributed by atoms with Gasteiger partial charge in [-0.2, -0.15) is 0 Å². The summed E-state index contributed by atoms with van der Waals surface area (Å²) in [6.07, 6.45) is 2.19. The Morgan fingerprint density at radius 3 is 2.28 bits per heavy atom. The number of piperidine rings is 1. The van der Waals surface area contributed by atoms with Crippen LogP contribution in [0.3, 0.4) is 0 Å². The van der Waals surface area contributed by atoms with Gasteiger partial charge in [0.2, 0.25) is 11.8 Å². The van der Waals surface area contributed by atoms with Gasteiger partial charge < -0.3 is 10.2 Å². The second-order valence-corrected chi connectivity index (χ2v) is 8.22. The third kappa shape index (κ3) is 4.51. The maximum absolute atomic E-state index is 13.1. The van der Waals surface area contributed by atoms with E-state index in [2.05, 4.69) is 34.5 Å². The van der Waals surface area contributed by atoms with Crippen molar-refractivity contribution in [1.82, 2.24) is 15.1 Å². The number of hydrogen-bond acceptors (Lipinski definition) is 3. The van der Waals surface area contributed by atoms with Crippen LogP contribution in [0.15, 0.2) is 60.7 Å². The van der Waals surface area contributed by atoms with Crippen molar-refractivity contribution in [2.75, 3.05) is 20.1 Å². The third-order valence-electron chi connectivity index (χ3n) is 6.25. The molecule has 0 spiro atoms. The fourth-order valence-corrected chi connectivity index (χ4v) is 4.60. The molecule has 2 amide bonds. The number of carbonyl (C=O) groups is 2. The molecule has 5 nitrogen and oxygen atoms in total. The SMILES string of the molecule is CN1C(=O)C[C@H](C(=O)NC2CCN(Cc3ccccc3)CC2)[C@H]1c1ccccc1. The van der Waals surface area contributed by atoms with E-state index in [-0.39, 0.29) is 36.2 Å². The Balaban J connectivity index is 1.34. The topological polar surface area (TPSA) is 52.7 Å². The highest BCUT2D eigenvalue weighted by Crippen LogP contribution is 2.37. The van der Waals surface area contributed by atoms with Gasteiger partial charge in [-0.15, -0.1) is 0 Å². The van der Waals surface area contributed by atoms with Gasteiger partial charge in [-0.25, -0.2) is 0 Å². The van der Waals surface area contributed by atoms with Crippen molar-refractivity contribution in [2.24, 2.45) is 5.92 Å². The number of rotatable bonds is 5. The van der Waals surface area contributed by atoms with E-state index in [4.69, 9.17) is 0 Å². The molecule has 2 heterocycles. The molecule has 2 aromatic rings. The minimum Gasteiger partial charge on any atom is -0.353 e. The Morgan fingerprint density at radius 1 is 1.00 bits per heavy atom. The number of amides is 2. The van der Waals surface area contributed by atoms with Crippen molar-refractivity contribution in [2.45, 2.75) is 37.9 Å². The molecule has 0 aromatic heterocycles. The Kier molecular flexibility index (Phi) is 5.95. The zero-order valence-electron chi connectivity index (χ0n) is 17.0. The van der Waals surface area contributed by atoms with Crippen LogP contribution in [-0.2, 0) is 16.1 Å². The van der Waals surface area contributed by atoms with Gasteiger partial charge in [0, 0.05) is 39.1 Å². The summed E-state index contributed by atoms with van der Waals surface area (Å²) in [5.41, 5.74) is 2.35. The van der Waals surface area contributed by atoms with Crippen molar-refractivity contribution >= 4 is 11.8 Å². The molecule has 2 aromatic carbocycles. The highest BCUT2D eigenvalue weighted by molar-refractivity contribution is 5.90. The Hall–Kier alpha value is -2.66. The van der Waals surface area contributed by atoms with Crippen LogP contribution >= 0.6 is 0 Å². The van der Waals surface area contributed by atoms with Gasteiger partial charge in [0.25, 0.3) is 0 Å². The van der Waals surface area contributed by atoms with E-state index in [0.29, 0.717) is 0 Å². The molecular weight excluding hydrogens is 362 g/mol. The summed E-state index contributed by atoms with van der Waals surface area (Å²) in [6, 6.07) is 20.4. The van der Waals surface area contributed by atoms with Crippen molar-refractivity contribution in [1.29, 1.82) is 0 Å². The van der Waals surface area contributed by atoms with Crippen LogP contribution in [0.4, 0.5) is 0 Å². The van der Waals surface area contributed by atoms with Gasteiger partial charge in [0.15, 0.2) is 0 Å². The molecule has 29 heavy (non-hydrogen) atoms. The van der Waals surface area contributed by atoms with E-state index in [1.54, 1.807) is 11.9 Å². The number of carbonyl (C=O) groups excluding carboxylic acids is 2. The normalized spacial score (nSPS) is 23.3. The molecule has 0 aliphatic carbocycles. The van der Waals surface area contributed by atoms with E-state index in [9.17, 15) is 9.59 Å². The zero-order chi connectivity index (χ0) is 20.2. The van der Waals surface area contributed by atoms with Gasteiger partial charge in [-0.3, -0.25) is 14.5 Å². The molecule has 2 saturated heterocycles. The van der Waals surface area contributed by atoms with Gasteiger partial charge in [-0.1, -0.05) is 60.7 Å². The van der Waals surface area contributed by atoms with Crippen LogP contribution in [0.5, 0.6) is 0 Å². The predicted molar refractivity (Wildman–Crippen MR) is 113 cm³/mol. The largest absolute Gasteiger partial charge is 0.353 e. The first-order valence-electron chi connectivity index (χ1n) is 10.5. The maximum atomic E-state index is 13.1. The number of nitrogens with one attached hydrogen (secondary N) is 1. The summed E-state index contributed by atoms with van der Waals surface area (Å²) in [5.74, 6) is -0.271. The van der Waals surface area contributed by atoms with Gasteiger partial charge >= 0.3 is 0 Å². The second kappa shape index (κ2) is 8.78. The first kappa shape index (κ1) is 19.6. The summed E-state index contributed by atoms with van der Waals surface area (Å²) < 4.78 is 0. The van der Waals surface area contributed by atoms with E-state index in [1.165, 1.54) is 5.56 Å². The fourth-order valence-electron chi connectivity index (χ4n) is 4.60. The predicted octanol–water partition coefficient (Wildman–Crippen LogP) is 2.99. The van der Waals surface area contributed by atoms with Crippen molar-refractivity contribution < 1.29 is 9.59 Å². The van der Waals surface area contributed by atoms with Crippen LogP contribution in [0.2, 0.25) is 0 Å². The molecule has 1 N–H and O–H groups in total. The molecule has 5 heteroatoms.